The number of carbonyl (C=O) groups excluding carboxylic acids is 2. The van der Waals surface area contributed by atoms with Crippen LogP contribution in [0.1, 0.15) is 12.8 Å². The summed E-state index contributed by atoms with van der Waals surface area (Å²) in [6.07, 6.45) is 0.812. The van der Waals surface area contributed by atoms with Crippen molar-refractivity contribution in [2.24, 2.45) is 5.92 Å². The average molecular weight is 442 g/mol. The van der Waals surface area contributed by atoms with E-state index in [0.29, 0.717) is 18.8 Å². The number of para-hydroxylation sites is 2. The molecule has 4 rings (SSSR count). The number of aromatic nitrogens is 2. The quantitative estimate of drug-likeness (QED) is 0.537. The first kappa shape index (κ1) is 21.0. The van der Waals surface area contributed by atoms with Crippen molar-refractivity contribution in [2.45, 2.75) is 17.7 Å². The molecule has 2 amide bonds. The Kier molecular flexibility index (Phi) is 6.01. The van der Waals surface area contributed by atoms with Crippen LogP contribution in [0.5, 0.6) is 0 Å². The molecule has 10 heteroatoms. The number of piperidine rings is 1. The summed E-state index contributed by atoms with van der Waals surface area (Å²) in [6, 6.07) is 15.7. The van der Waals surface area contributed by atoms with Crippen molar-refractivity contribution in [1.29, 1.82) is 0 Å². The van der Waals surface area contributed by atoms with Crippen molar-refractivity contribution >= 4 is 38.8 Å². The summed E-state index contributed by atoms with van der Waals surface area (Å²) < 4.78 is 26.8. The largest absolute Gasteiger partial charge is 0.347 e. The molecule has 2 heterocycles. The van der Waals surface area contributed by atoms with Gasteiger partial charge in [0.1, 0.15) is 0 Å². The summed E-state index contributed by atoms with van der Waals surface area (Å²) in [5.74, 6) is -0.658. The highest BCUT2D eigenvalue weighted by atomic mass is 32.2. The number of hydrogen-bond acceptors (Lipinski definition) is 5. The lowest BCUT2D eigenvalue weighted by Crippen LogP contribution is -2.44. The van der Waals surface area contributed by atoms with Gasteiger partial charge < -0.3 is 10.3 Å². The SMILES string of the molecule is O=C(CNC(=O)C1CCN(S(=O)(=O)c2ccccc2)CC1)Nc1nc2ccccc2[nH]1. The summed E-state index contributed by atoms with van der Waals surface area (Å²) in [7, 11) is -3.56. The highest BCUT2D eigenvalue weighted by Crippen LogP contribution is 2.23. The standard InChI is InChI=1S/C21H23N5O4S/c27-19(25-21-23-17-8-4-5-9-18(17)24-21)14-22-20(28)15-10-12-26(13-11-15)31(29,30)16-6-2-1-3-7-16/h1-9,15H,10-14H2,(H,22,28)(H2,23,24,25,27). The van der Waals surface area contributed by atoms with Gasteiger partial charge in [0.05, 0.1) is 22.5 Å². The van der Waals surface area contributed by atoms with Crippen LogP contribution >= 0.6 is 0 Å². The van der Waals surface area contributed by atoms with Crippen LogP contribution in [0.15, 0.2) is 59.5 Å². The number of imidazole rings is 1. The Morgan fingerprint density at radius 2 is 1.71 bits per heavy atom. The maximum atomic E-state index is 12.7. The van der Waals surface area contributed by atoms with Crippen LogP contribution in [0.3, 0.4) is 0 Å². The molecule has 1 fully saturated rings. The fourth-order valence-electron chi connectivity index (χ4n) is 3.60. The summed E-state index contributed by atoms with van der Waals surface area (Å²) in [5.41, 5.74) is 1.54. The predicted molar refractivity (Wildman–Crippen MR) is 116 cm³/mol. The Labute approximate surface area is 179 Å². The van der Waals surface area contributed by atoms with Gasteiger partial charge in [-0.2, -0.15) is 4.31 Å². The Morgan fingerprint density at radius 3 is 2.42 bits per heavy atom. The Balaban J connectivity index is 1.26. The van der Waals surface area contributed by atoms with Gasteiger partial charge in [0.15, 0.2) is 0 Å². The second kappa shape index (κ2) is 8.86. The van der Waals surface area contributed by atoms with Crippen molar-refractivity contribution in [3.8, 4) is 0 Å². The van der Waals surface area contributed by atoms with Gasteiger partial charge in [-0.1, -0.05) is 30.3 Å². The Bertz CT molecular complexity index is 1150. The lowest BCUT2D eigenvalue weighted by atomic mass is 9.97. The molecule has 0 radical (unpaired) electrons. The number of rotatable bonds is 6. The topological polar surface area (TPSA) is 124 Å². The van der Waals surface area contributed by atoms with E-state index in [1.807, 2.05) is 24.3 Å². The first-order chi connectivity index (χ1) is 14.9. The molecule has 31 heavy (non-hydrogen) atoms. The minimum atomic E-state index is -3.56. The Morgan fingerprint density at radius 1 is 1.03 bits per heavy atom. The van der Waals surface area contributed by atoms with E-state index in [2.05, 4.69) is 20.6 Å². The molecule has 2 aromatic carbocycles. The third kappa shape index (κ3) is 4.75. The first-order valence-corrected chi connectivity index (χ1v) is 11.4. The van der Waals surface area contributed by atoms with Gasteiger partial charge in [-0.15, -0.1) is 0 Å². The molecule has 0 saturated carbocycles. The molecule has 0 atom stereocenters. The summed E-state index contributed by atoms with van der Waals surface area (Å²) in [5, 5.41) is 5.26. The van der Waals surface area contributed by atoms with Gasteiger partial charge in [0, 0.05) is 19.0 Å². The number of amides is 2. The van der Waals surface area contributed by atoms with Crippen molar-refractivity contribution in [3.05, 3.63) is 54.6 Å². The summed E-state index contributed by atoms with van der Waals surface area (Å²) in [4.78, 5) is 32.1. The normalized spacial score (nSPS) is 15.6. The van der Waals surface area contributed by atoms with Crippen LogP contribution in [0.25, 0.3) is 11.0 Å². The number of nitrogens with zero attached hydrogens (tertiary/aromatic N) is 2. The van der Waals surface area contributed by atoms with E-state index >= 15 is 0 Å². The molecule has 0 aliphatic carbocycles. The third-order valence-electron chi connectivity index (χ3n) is 5.28. The monoisotopic (exact) mass is 441 g/mol. The molecule has 0 unspecified atom stereocenters. The Hall–Kier alpha value is -3.24. The number of hydrogen-bond donors (Lipinski definition) is 3. The smallest absolute Gasteiger partial charge is 0.246 e. The number of aromatic amines is 1. The highest BCUT2D eigenvalue weighted by molar-refractivity contribution is 7.89. The molecule has 3 aromatic rings. The lowest BCUT2D eigenvalue weighted by Gasteiger charge is -2.30. The van der Waals surface area contributed by atoms with Crippen molar-refractivity contribution in [3.63, 3.8) is 0 Å². The molecule has 0 bridgehead atoms. The fourth-order valence-corrected chi connectivity index (χ4v) is 5.09. The van der Waals surface area contributed by atoms with Gasteiger partial charge in [-0.05, 0) is 37.1 Å². The minimum Gasteiger partial charge on any atom is -0.347 e. The van der Waals surface area contributed by atoms with E-state index in [1.165, 1.54) is 4.31 Å². The number of sulfonamides is 1. The number of fused-ring (bicyclic) bond motifs is 1. The van der Waals surface area contributed by atoms with Gasteiger partial charge in [0.25, 0.3) is 0 Å². The van der Waals surface area contributed by atoms with Crippen LogP contribution in [0.2, 0.25) is 0 Å². The van der Waals surface area contributed by atoms with Crippen LogP contribution < -0.4 is 10.6 Å². The molecule has 1 saturated heterocycles. The van der Waals surface area contributed by atoms with E-state index in [4.69, 9.17) is 0 Å². The molecule has 1 aliphatic heterocycles. The zero-order valence-electron chi connectivity index (χ0n) is 16.7. The van der Waals surface area contributed by atoms with Crippen LogP contribution in [0.4, 0.5) is 5.95 Å². The van der Waals surface area contributed by atoms with E-state index < -0.39 is 15.9 Å². The van der Waals surface area contributed by atoms with Gasteiger partial charge in [-0.3, -0.25) is 14.9 Å². The number of nitrogens with one attached hydrogen (secondary N) is 3. The second-order valence-electron chi connectivity index (χ2n) is 7.36. The average Bonchev–Trinajstić information content (AvgIpc) is 3.20. The van der Waals surface area contributed by atoms with Crippen LogP contribution in [-0.4, -0.2) is 54.1 Å². The zero-order chi connectivity index (χ0) is 21.8. The number of carbonyl (C=O) groups is 2. The van der Waals surface area contributed by atoms with Crippen molar-refractivity contribution < 1.29 is 18.0 Å². The van der Waals surface area contributed by atoms with Gasteiger partial charge in [-0.25, -0.2) is 13.4 Å². The molecular formula is C21H23N5O4S. The number of H-pyrrole nitrogens is 1. The number of anilines is 1. The van der Waals surface area contributed by atoms with Gasteiger partial charge >= 0.3 is 0 Å². The predicted octanol–water partition coefficient (Wildman–Crippen LogP) is 1.72. The molecule has 1 aromatic heterocycles. The first-order valence-electron chi connectivity index (χ1n) is 10.0. The molecule has 162 valence electrons. The van der Waals surface area contributed by atoms with Crippen molar-refractivity contribution in [1.82, 2.24) is 19.6 Å². The van der Waals surface area contributed by atoms with E-state index in [0.717, 1.165) is 11.0 Å². The molecule has 1 aliphatic rings. The molecular weight excluding hydrogens is 418 g/mol. The number of benzene rings is 2. The third-order valence-corrected chi connectivity index (χ3v) is 7.19. The van der Waals surface area contributed by atoms with E-state index in [-0.39, 0.29) is 36.4 Å². The maximum Gasteiger partial charge on any atom is 0.246 e. The molecule has 9 nitrogen and oxygen atoms in total. The van der Waals surface area contributed by atoms with Crippen LogP contribution in [0, 0.1) is 5.92 Å². The second-order valence-corrected chi connectivity index (χ2v) is 9.30. The lowest BCUT2D eigenvalue weighted by molar-refractivity contribution is -0.128. The molecule has 3 N–H and O–H groups in total. The minimum absolute atomic E-state index is 0.182. The van der Waals surface area contributed by atoms with Gasteiger partial charge in [0.2, 0.25) is 27.8 Å². The summed E-state index contributed by atoms with van der Waals surface area (Å²) in [6.45, 7) is 0.347. The van der Waals surface area contributed by atoms with Crippen LogP contribution in [-0.2, 0) is 19.6 Å². The zero-order valence-corrected chi connectivity index (χ0v) is 17.6. The van der Waals surface area contributed by atoms with E-state index in [1.54, 1.807) is 30.3 Å². The summed E-state index contributed by atoms with van der Waals surface area (Å²) >= 11 is 0. The maximum absolute atomic E-state index is 12.7. The fraction of sp³-hybridized carbons (Fsp3) is 0.286. The van der Waals surface area contributed by atoms with Crippen molar-refractivity contribution in [2.75, 3.05) is 25.0 Å². The van der Waals surface area contributed by atoms with E-state index in [9.17, 15) is 18.0 Å². The highest BCUT2D eigenvalue weighted by Gasteiger charge is 2.32. The molecule has 0 spiro atoms.